The van der Waals surface area contributed by atoms with E-state index in [0.29, 0.717) is 13.1 Å². The molecule has 0 aliphatic carbocycles. The van der Waals surface area contributed by atoms with Crippen molar-refractivity contribution < 1.29 is 19.1 Å². The molecule has 0 bridgehead atoms. The molecule has 36 heavy (non-hydrogen) atoms. The fourth-order valence-electron chi connectivity index (χ4n) is 4.84. The summed E-state index contributed by atoms with van der Waals surface area (Å²) in [5, 5.41) is 5.69. The molecule has 4 heterocycles. The summed E-state index contributed by atoms with van der Waals surface area (Å²) >= 11 is 0. The van der Waals surface area contributed by atoms with E-state index < -0.39 is 12.2 Å². The molecule has 5 rings (SSSR count). The minimum Gasteiger partial charge on any atom is -0.438 e. The highest BCUT2D eigenvalue weighted by Crippen LogP contribution is 2.28. The maximum atomic E-state index is 12.1. The largest absolute Gasteiger partial charge is 0.438 e. The smallest absolute Gasteiger partial charge is 0.407 e. The molecule has 2 N–H and O–H groups in total. The molecule has 1 aromatic carbocycles. The number of nitrogens with zero attached hydrogens (tertiary/aromatic N) is 4. The second kappa shape index (κ2) is 11.3. The van der Waals surface area contributed by atoms with Crippen LogP contribution < -0.4 is 10.6 Å². The van der Waals surface area contributed by atoms with Gasteiger partial charge in [0.05, 0.1) is 0 Å². The Labute approximate surface area is 210 Å². The highest BCUT2D eigenvalue weighted by atomic mass is 16.6. The third-order valence-electron chi connectivity index (χ3n) is 6.65. The van der Waals surface area contributed by atoms with Crippen LogP contribution in [-0.2, 0) is 35.4 Å². The number of rotatable bonds is 10. The summed E-state index contributed by atoms with van der Waals surface area (Å²) in [6.07, 6.45) is 10.9. The Morgan fingerprint density at radius 3 is 1.83 bits per heavy atom. The number of ether oxygens (including phenoxy) is 2. The summed E-state index contributed by atoms with van der Waals surface area (Å²) in [4.78, 5) is 32.8. The zero-order valence-corrected chi connectivity index (χ0v) is 20.3. The van der Waals surface area contributed by atoms with Gasteiger partial charge in [0.25, 0.3) is 0 Å². The lowest BCUT2D eigenvalue weighted by Crippen LogP contribution is -2.27. The lowest BCUT2D eigenvalue weighted by Gasteiger charge is -2.12. The van der Waals surface area contributed by atoms with E-state index in [1.807, 2.05) is 21.5 Å². The molecule has 0 unspecified atom stereocenters. The molecule has 0 saturated carbocycles. The number of nitrogens with one attached hydrogen (secondary N) is 2. The van der Waals surface area contributed by atoms with Crippen molar-refractivity contribution in [1.82, 2.24) is 29.7 Å². The van der Waals surface area contributed by atoms with Crippen LogP contribution in [0, 0.1) is 0 Å². The Bertz CT molecular complexity index is 1100. The van der Waals surface area contributed by atoms with Crippen LogP contribution >= 0.6 is 0 Å². The number of hydrogen-bond acceptors (Lipinski definition) is 6. The summed E-state index contributed by atoms with van der Waals surface area (Å²) in [7, 11) is 0. The zero-order chi connectivity index (χ0) is 24.7. The lowest BCUT2D eigenvalue weighted by atomic mass is 10.0. The monoisotopic (exact) mass is 492 g/mol. The molecule has 10 heteroatoms. The lowest BCUT2D eigenvalue weighted by molar-refractivity contribution is 0.0954. The second-order valence-electron chi connectivity index (χ2n) is 9.20. The summed E-state index contributed by atoms with van der Waals surface area (Å²) in [6, 6.07) is 8.44. The van der Waals surface area contributed by atoms with Gasteiger partial charge in [-0.3, -0.25) is 0 Å². The molecule has 0 radical (unpaired) electrons. The number of alkyl carbamates (subject to hydrolysis) is 2. The van der Waals surface area contributed by atoms with E-state index in [2.05, 4.69) is 44.9 Å². The first kappa shape index (κ1) is 23.9. The second-order valence-corrected chi connectivity index (χ2v) is 9.20. The third-order valence-corrected chi connectivity index (χ3v) is 6.65. The highest BCUT2D eigenvalue weighted by Gasteiger charge is 2.27. The normalized spacial score (nSPS) is 17.9. The summed E-state index contributed by atoms with van der Waals surface area (Å²) in [5.41, 5.74) is 2.45. The standard InChI is InChI=1S/C26H32N6O4/c33-25(35-21-8-14-31-16-12-27-23(21)31)29-10-2-6-19-4-1-5-20(18-19)7-3-11-30-26(34)36-22-9-15-32-17-13-28-24(22)32/h1,4-5,12-13,16-18,21-22H,2-3,6-11,14-15H2,(H,29,33)(H,30,34)/t21-,22-/m1/s1. The van der Waals surface area contributed by atoms with E-state index in [9.17, 15) is 9.59 Å². The minimum absolute atomic E-state index is 0.264. The molecular formula is C26H32N6O4. The van der Waals surface area contributed by atoms with Crippen LogP contribution in [0.15, 0.2) is 49.1 Å². The average Bonchev–Trinajstić information content (AvgIpc) is 3.65. The molecule has 2 aromatic heterocycles. The van der Waals surface area contributed by atoms with Crippen LogP contribution in [0.3, 0.4) is 0 Å². The minimum atomic E-state index is -0.394. The topological polar surface area (TPSA) is 112 Å². The zero-order valence-electron chi connectivity index (χ0n) is 20.3. The highest BCUT2D eigenvalue weighted by molar-refractivity contribution is 5.67. The van der Waals surface area contributed by atoms with E-state index in [1.165, 1.54) is 11.1 Å². The number of carbonyl (C=O) groups is 2. The number of fused-ring (bicyclic) bond motifs is 2. The Hall–Kier alpha value is -3.82. The van der Waals surface area contributed by atoms with Crippen LogP contribution in [0.2, 0.25) is 0 Å². The van der Waals surface area contributed by atoms with Crippen LogP contribution in [0.1, 0.15) is 60.7 Å². The molecule has 2 aliphatic rings. The van der Waals surface area contributed by atoms with Crippen molar-refractivity contribution in [3.8, 4) is 0 Å². The number of imidazole rings is 2. The van der Waals surface area contributed by atoms with Gasteiger partial charge in [0.15, 0.2) is 12.2 Å². The van der Waals surface area contributed by atoms with Crippen LogP contribution in [-0.4, -0.2) is 44.4 Å². The first-order valence-electron chi connectivity index (χ1n) is 12.6. The van der Waals surface area contributed by atoms with Gasteiger partial charge in [0, 0.05) is 63.8 Å². The SMILES string of the molecule is O=C(NCCCc1cccc(CCCNC(=O)O[C@@H]2CCn3ccnc32)c1)O[C@@H]1CCn2ccnc21. The van der Waals surface area contributed by atoms with Crippen molar-refractivity contribution in [1.29, 1.82) is 0 Å². The number of aryl methyl sites for hydroxylation is 4. The predicted molar refractivity (Wildman–Crippen MR) is 131 cm³/mol. The fraction of sp³-hybridized carbons (Fsp3) is 0.462. The number of hydrogen-bond donors (Lipinski definition) is 2. The van der Waals surface area contributed by atoms with Crippen molar-refractivity contribution in [2.24, 2.45) is 0 Å². The van der Waals surface area contributed by atoms with Gasteiger partial charge >= 0.3 is 12.2 Å². The molecule has 10 nitrogen and oxygen atoms in total. The Morgan fingerprint density at radius 1 is 0.833 bits per heavy atom. The van der Waals surface area contributed by atoms with E-state index >= 15 is 0 Å². The molecule has 190 valence electrons. The fourth-order valence-corrected chi connectivity index (χ4v) is 4.84. The molecule has 3 aromatic rings. The van der Waals surface area contributed by atoms with Gasteiger partial charge in [0.1, 0.15) is 11.6 Å². The van der Waals surface area contributed by atoms with Gasteiger partial charge < -0.3 is 29.2 Å². The van der Waals surface area contributed by atoms with Gasteiger partial charge in [-0.05, 0) is 36.8 Å². The molecule has 2 aliphatic heterocycles. The maximum Gasteiger partial charge on any atom is 0.407 e. The van der Waals surface area contributed by atoms with E-state index in [1.54, 1.807) is 12.4 Å². The number of amides is 2. The summed E-state index contributed by atoms with van der Waals surface area (Å²) < 4.78 is 15.0. The van der Waals surface area contributed by atoms with Gasteiger partial charge in [-0.2, -0.15) is 0 Å². The predicted octanol–water partition coefficient (Wildman–Crippen LogP) is 3.69. The number of aromatic nitrogens is 4. The van der Waals surface area contributed by atoms with Crippen LogP contribution in [0.25, 0.3) is 0 Å². The number of benzene rings is 1. The Kier molecular flexibility index (Phi) is 7.49. The third kappa shape index (κ3) is 5.87. The van der Waals surface area contributed by atoms with E-state index in [0.717, 1.165) is 63.3 Å². The number of carbonyl (C=O) groups excluding carboxylic acids is 2. The van der Waals surface area contributed by atoms with Crippen molar-refractivity contribution in [3.05, 3.63) is 71.8 Å². The van der Waals surface area contributed by atoms with Crippen molar-refractivity contribution in [2.45, 2.75) is 63.8 Å². The van der Waals surface area contributed by atoms with Gasteiger partial charge in [-0.25, -0.2) is 19.6 Å². The Balaban J connectivity index is 0.955. The van der Waals surface area contributed by atoms with Crippen molar-refractivity contribution >= 4 is 12.2 Å². The van der Waals surface area contributed by atoms with Crippen LogP contribution in [0.4, 0.5) is 9.59 Å². The van der Waals surface area contributed by atoms with Gasteiger partial charge in [0.2, 0.25) is 0 Å². The van der Waals surface area contributed by atoms with E-state index in [-0.39, 0.29) is 12.2 Å². The van der Waals surface area contributed by atoms with E-state index in [4.69, 9.17) is 9.47 Å². The first-order chi connectivity index (χ1) is 17.7. The van der Waals surface area contributed by atoms with Crippen molar-refractivity contribution in [3.63, 3.8) is 0 Å². The first-order valence-corrected chi connectivity index (χ1v) is 12.6. The molecule has 2 amide bonds. The Morgan fingerprint density at radius 2 is 1.33 bits per heavy atom. The van der Waals surface area contributed by atoms with Gasteiger partial charge in [-0.15, -0.1) is 0 Å². The summed E-state index contributed by atoms with van der Waals surface area (Å²) in [6.45, 7) is 2.77. The quantitative estimate of drug-likeness (QED) is 0.418. The molecule has 2 atom stereocenters. The molecule has 0 fully saturated rings. The maximum absolute atomic E-state index is 12.1. The van der Waals surface area contributed by atoms with Crippen molar-refractivity contribution in [2.75, 3.05) is 13.1 Å². The molecule has 0 spiro atoms. The average molecular weight is 493 g/mol. The molecular weight excluding hydrogens is 460 g/mol. The van der Waals surface area contributed by atoms with Gasteiger partial charge in [-0.1, -0.05) is 24.3 Å². The summed E-state index contributed by atoms with van der Waals surface area (Å²) in [5.74, 6) is 1.63. The molecule has 0 saturated heterocycles. The van der Waals surface area contributed by atoms with Crippen LogP contribution in [0.5, 0.6) is 0 Å².